The van der Waals surface area contributed by atoms with Gasteiger partial charge >= 0.3 is 0 Å². The van der Waals surface area contributed by atoms with Crippen LogP contribution in [0.15, 0.2) is 29.2 Å². The third kappa shape index (κ3) is 1.83. The lowest BCUT2D eigenvalue weighted by molar-refractivity contribution is 0.382. The summed E-state index contributed by atoms with van der Waals surface area (Å²) in [6, 6.07) is 2.15. The molecule has 3 aliphatic heterocycles. The van der Waals surface area contributed by atoms with E-state index in [1.54, 1.807) is 0 Å². The molecule has 0 aliphatic carbocycles. The van der Waals surface area contributed by atoms with Gasteiger partial charge in [0.15, 0.2) is 5.82 Å². The summed E-state index contributed by atoms with van der Waals surface area (Å²) in [4.78, 5) is 12.7. The molecule has 1 saturated heterocycles. The molecule has 5 heteroatoms. The first kappa shape index (κ1) is 13.0. The molecule has 2 N–H and O–H groups in total. The number of anilines is 1. The normalized spacial score (nSPS) is 30.6. The fourth-order valence-electron chi connectivity index (χ4n) is 3.90. The number of aliphatic imine (C=N–C) groups is 1. The lowest BCUT2D eigenvalue weighted by Crippen LogP contribution is -2.43. The van der Waals surface area contributed by atoms with Crippen LogP contribution in [0.3, 0.4) is 0 Å². The lowest BCUT2D eigenvalue weighted by Gasteiger charge is -2.35. The van der Waals surface area contributed by atoms with Crippen LogP contribution in [-0.2, 0) is 0 Å². The Kier molecular flexibility index (Phi) is 3.03. The van der Waals surface area contributed by atoms with Crippen molar-refractivity contribution in [2.24, 2.45) is 16.8 Å². The molecule has 0 aromatic carbocycles. The Morgan fingerprint density at radius 2 is 2.24 bits per heavy atom. The third-order valence-corrected chi connectivity index (χ3v) is 5.09. The molecule has 1 fully saturated rings. The van der Waals surface area contributed by atoms with Gasteiger partial charge in [-0.3, -0.25) is 0 Å². The summed E-state index contributed by atoms with van der Waals surface area (Å²) < 4.78 is 0. The molecule has 5 nitrogen and oxygen atoms in total. The van der Waals surface area contributed by atoms with Crippen molar-refractivity contribution in [1.29, 1.82) is 0 Å². The van der Waals surface area contributed by atoms with Gasteiger partial charge in [0.05, 0.1) is 11.9 Å². The number of nitrogens with zero attached hydrogens (tertiary/aromatic N) is 3. The highest BCUT2D eigenvalue weighted by Crippen LogP contribution is 2.43. The molecule has 1 aromatic heterocycles. The van der Waals surface area contributed by atoms with E-state index >= 15 is 0 Å². The zero-order valence-electron chi connectivity index (χ0n) is 12.7. The standard InChI is InChI=1S/C16H23N5/c1-3-11-7-17-8-12(11)14-10-20(4-2)15-9-19-16-13(21(14)15)5-6-18-16/h5-6,9-12,15,17-18H,3-4,7-8H2,1-2H3/t11-,12+,15?/m1/s1. The minimum atomic E-state index is 0.242. The second kappa shape index (κ2) is 4.91. The van der Waals surface area contributed by atoms with Crippen LogP contribution in [0.2, 0.25) is 0 Å². The summed E-state index contributed by atoms with van der Waals surface area (Å²) >= 11 is 0. The molecule has 0 saturated carbocycles. The Bertz CT molecular complexity index is 587. The number of rotatable bonds is 3. The maximum atomic E-state index is 4.58. The van der Waals surface area contributed by atoms with E-state index in [2.05, 4.69) is 57.4 Å². The van der Waals surface area contributed by atoms with Gasteiger partial charge in [-0.25, -0.2) is 4.99 Å². The first-order valence-electron chi connectivity index (χ1n) is 8.02. The number of fused-ring (bicyclic) bond motifs is 3. The van der Waals surface area contributed by atoms with Crippen LogP contribution in [-0.4, -0.2) is 41.9 Å². The SMILES string of the molecule is CC[C@@H]1CNC[C@@H]1C1=CN(CC)C2C=Nc3[nH]ccc3N12. The molecule has 0 spiro atoms. The molecule has 21 heavy (non-hydrogen) atoms. The van der Waals surface area contributed by atoms with Crippen LogP contribution in [0.25, 0.3) is 0 Å². The minimum Gasteiger partial charge on any atom is -0.351 e. The van der Waals surface area contributed by atoms with Crippen molar-refractivity contribution < 1.29 is 0 Å². The van der Waals surface area contributed by atoms with Crippen LogP contribution < -0.4 is 10.2 Å². The van der Waals surface area contributed by atoms with Crippen LogP contribution in [0.4, 0.5) is 11.5 Å². The van der Waals surface area contributed by atoms with Crippen molar-refractivity contribution in [3.8, 4) is 0 Å². The third-order valence-electron chi connectivity index (χ3n) is 5.09. The lowest BCUT2D eigenvalue weighted by atomic mass is 9.90. The summed E-state index contributed by atoms with van der Waals surface area (Å²) in [6.07, 6.45) is 7.88. The van der Waals surface area contributed by atoms with Crippen LogP contribution in [0, 0.1) is 11.8 Å². The largest absolute Gasteiger partial charge is 0.351 e. The van der Waals surface area contributed by atoms with E-state index in [9.17, 15) is 0 Å². The fraction of sp³-hybridized carbons (Fsp3) is 0.562. The maximum absolute atomic E-state index is 4.58. The van der Waals surface area contributed by atoms with Crippen molar-refractivity contribution in [1.82, 2.24) is 15.2 Å². The molecule has 4 heterocycles. The van der Waals surface area contributed by atoms with E-state index < -0.39 is 0 Å². The van der Waals surface area contributed by atoms with Crippen LogP contribution in [0.5, 0.6) is 0 Å². The van der Waals surface area contributed by atoms with Crippen molar-refractivity contribution in [2.75, 3.05) is 24.5 Å². The zero-order chi connectivity index (χ0) is 14.4. The molecule has 1 aromatic rings. The van der Waals surface area contributed by atoms with Gasteiger partial charge in [-0.05, 0) is 25.5 Å². The number of aromatic amines is 1. The Morgan fingerprint density at radius 3 is 3.05 bits per heavy atom. The van der Waals surface area contributed by atoms with Gasteiger partial charge in [0.2, 0.25) is 0 Å². The first-order valence-corrected chi connectivity index (χ1v) is 8.02. The zero-order valence-corrected chi connectivity index (χ0v) is 12.7. The summed E-state index contributed by atoms with van der Waals surface area (Å²) in [6.45, 7) is 7.74. The van der Waals surface area contributed by atoms with Gasteiger partial charge in [0.1, 0.15) is 6.17 Å². The summed E-state index contributed by atoms with van der Waals surface area (Å²) in [5, 5.41) is 3.57. The second-order valence-electron chi connectivity index (χ2n) is 6.09. The van der Waals surface area contributed by atoms with E-state index in [0.29, 0.717) is 5.92 Å². The van der Waals surface area contributed by atoms with E-state index in [1.165, 1.54) is 17.8 Å². The number of H-pyrrole nitrogens is 1. The topological polar surface area (TPSA) is 46.7 Å². The Morgan fingerprint density at radius 1 is 1.33 bits per heavy atom. The quantitative estimate of drug-likeness (QED) is 0.895. The van der Waals surface area contributed by atoms with Gasteiger partial charge in [0.25, 0.3) is 0 Å². The van der Waals surface area contributed by atoms with E-state index in [0.717, 1.165) is 31.4 Å². The maximum Gasteiger partial charge on any atom is 0.153 e. The van der Waals surface area contributed by atoms with Gasteiger partial charge in [-0.1, -0.05) is 13.3 Å². The number of hydrogen-bond donors (Lipinski definition) is 2. The monoisotopic (exact) mass is 285 g/mol. The molecule has 0 radical (unpaired) electrons. The number of nitrogens with one attached hydrogen (secondary N) is 2. The van der Waals surface area contributed by atoms with Crippen molar-refractivity contribution in [3.63, 3.8) is 0 Å². The van der Waals surface area contributed by atoms with Crippen molar-refractivity contribution in [2.45, 2.75) is 26.4 Å². The molecule has 0 bridgehead atoms. The van der Waals surface area contributed by atoms with Gasteiger partial charge in [0, 0.05) is 37.1 Å². The van der Waals surface area contributed by atoms with Crippen molar-refractivity contribution in [3.05, 3.63) is 24.2 Å². The Hall–Kier alpha value is -1.75. The summed E-state index contributed by atoms with van der Waals surface area (Å²) in [5.74, 6) is 2.31. The summed E-state index contributed by atoms with van der Waals surface area (Å²) in [7, 11) is 0. The number of hydrogen-bond acceptors (Lipinski definition) is 4. The molecular formula is C16H23N5. The van der Waals surface area contributed by atoms with Crippen LogP contribution >= 0.6 is 0 Å². The highest BCUT2D eigenvalue weighted by atomic mass is 15.4. The molecule has 3 aliphatic rings. The molecule has 1 unspecified atom stereocenters. The van der Waals surface area contributed by atoms with E-state index in [1.807, 2.05) is 6.20 Å². The van der Waals surface area contributed by atoms with Crippen LogP contribution in [0.1, 0.15) is 20.3 Å². The van der Waals surface area contributed by atoms with Gasteiger partial charge < -0.3 is 20.1 Å². The summed E-state index contributed by atoms with van der Waals surface area (Å²) in [5.41, 5.74) is 2.66. The highest BCUT2D eigenvalue weighted by molar-refractivity contribution is 5.85. The minimum absolute atomic E-state index is 0.242. The molecule has 4 rings (SSSR count). The average Bonchev–Trinajstić information content (AvgIpc) is 3.22. The first-order chi connectivity index (χ1) is 10.3. The number of aromatic nitrogens is 1. The molecule has 0 amide bonds. The van der Waals surface area contributed by atoms with Gasteiger partial charge in [-0.15, -0.1) is 0 Å². The van der Waals surface area contributed by atoms with E-state index in [-0.39, 0.29) is 6.17 Å². The van der Waals surface area contributed by atoms with Crippen molar-refractivity contribution >= 4 is 17.7 Å². The van der Waals surface area contributed by atoms with Gasteiger partial charge in [-0.2, -0.15) is 0 Å². The molecule has 3 atom stereocenters. The Labute approximate surface area is 125 Å². The predicted octanol–water partition coefficient (Wildman–Crippen LogP) is 2.29. The Balaban J connectivity index is 1.74. The van der Waals surface area contributed by atoms with E-state index in [4.69, 9.17) is 0 Å². The molecule has 112 valence electrons. The fourth-order valence-corrected chi connectivity index (χ4v) is 3.90. The molecular weight excluding hydrogens is 262 g/mol. The average molecular weight is 285 g/mol. The highest BCUT2D eigenvalue weighted by Gasteiger charge is 2.41. The second-order valence-corrected chi connectivity index (χ2v) is 6.09. The predicted molar refractivity (Wildman–Crippen MR) is 85.8 cm³/mol. The smallest absolute Gasteiger partial charge is 0.153 e.